The molecule has 0 saturated heterocycles. The lowest BCUT2D eigenvalue weighted by atomic mass is 9.98. The molecular formula is C25H26N2O3. The number of hydrogen-bond donors (Lipinski definition) is 2. The van der Waals surface area contributed by atoms with E-state index >= 15 is 0 Å². The number of ether oxygens (including phenoxy) is 2. The van der Waals surface area contributed by atoms with Crippen molar-refractivity contribution in [2.24, 2.45) is 0 Å². The Hall–Kier alpha value is -3.47. The van der Waals surface area contributed by atoms with Crippen LogP contribution < -0.4 is 20.1 Å². The minimum atomic E-state index is -0.146. The van der Waals surface area contributed by atoms with E-state index in [2.05, 4.69) is 34.9 Å². The van der Waals surface area contributed by atoms with Gasteiger partial charge in [-0.3, -0.25) is 0 Å². The maximum absolute atomic E-state index is 12.5. The molecule has 30 heavy (non-hydrogen) atoms. The monoisotopic (exact) mass is 402 g/mol. The molecule has 2 N–H and O–H groups in total. The van der Waals surface area contributed by atoms with Gasteiger partial charge in [-0.25, -0.2) is 4.79 Å². The van der Waals surface area contributed by atoms with E-state index in [1.165, 1.54) is 11.1 Å². The molecular weight excluding hydrogens is 376 g/mol. The van der Waals surface area contributed by atoms with E-state index in [1.807, 2.05) is 54.6 Å². The van der Waals surface area contributed by atoms with Crippen molar-refractivity contribution in [1.82, 2.24) is 10.6 Å². The first-order valence-corrected chi connectivity index (χ1v) is 10.3. The molecule has 1 atom stereocenters. The normalized spacial score (nSPS) is 12.9. The van der Waals surface area contributed by atoms with Crippen LogP contribution >= 0.6 is 0 Å². The van der Waals surface area contributed by atoms with Gasteiger partial charge in [-0.2, -0.15) is 0 Å². The Bertz CT molecular complexity index is 961. The summed E-state index contributed by atoms with van der Waals surface area (Å²) in [5.74, 6) is 1.53. The second-order valence-corrected chi connectivity index (χ2v) is 7.41. The number of fused-ring (bicyclic) bond motifs is 1. The van der Waals surface area contributed by atoms with E-state index in [0.717, 1.165) is 29.9 Å². The summed E-state index contributed by atoms with van der Waals surface area (Å²) >= 11 is 0. The van der Waals surface area contributed by atoms with Crippen LogP contribution in [0.25, 0.3) is 0 Å². The fourth-order valence-electron chi connectivity index (χ4n) is 3.63. The van der Waals surface area contributed by atoms with Gasteiger partial charge in [0.1, 0.15) is 0 Å². The Morgan fingerprint density at radius 3 is 2.23 bits per heavy atom. The number of amides is 2. The SMILES string of the molecule is O=C(NCCc1ccccc1)N[C@H](Cc1ccccc1)Cc1ccc2c(c1)OCO2. The Morgan fingerprint density at radius 1 is 0.800 bits per heavy atom. The van der Waals surface area contributed by atoms with Crippen molar-refractivity contribution < 1.29 is 14.3 Å². The molecule has 1 aliphatic heterocycles. The zero-order chi connectivity index (χ0) is 20.6. The van der Waals surface area contributed by atoms with Crippen molar-refractivity contribution in [3.63, 3.8) is 0 Å². The lowest BCUT2D eigenvalue weighted by Gasteiger charge is -2.20. The number of urea groups is 1. The average molecular weight is 402 g/mol. The molecule has 0 bridgehead atoms. The van der Waals surface area contributed by atoms with Crippen molar-refractivity contribution in [1.29, 1.82) is 0 Å². The number of carbonyl (C=O) groups is 1. The van der Waals surface area contributed by atoms with Gasteiger partial charge in [0.2, 0.25) is 6.79 Å². The Kier molecular flexibility index (Phi) is 6.50. The first-order chi connectivity index (χ1) is 14.8. The van der Waals surface area contributed by atoms with Crippen molar-refractivity contribution >= 4 is 6.03 Å². The molecule has 3 aromatic rings. The highest BCUT2D eigenvalue weighted by molar-refractivity contribution is 5.74. The Balaban J connectivity index is 1.37. The van der Waals surface area contributed by atoms with Gasteiger partial charge in [0, 0.05) is 12.6 Å². The minimum absolute atomic E-state index is 0.0375. The molecule has 0 aliphatic carbocycles. The highest BCUT2D eigenvalue weighted by Crippen LogP contribution is 2.32. The summed E-state index contributed by atoms with van der Waals surface area (Å²) in [6.07, 6.45) is 2.26. The molecule has 0 unspecified atom stereocenters. The third-order valence-corrected chi connectivity index (χ3v) is 5.12. The summed E-state index contributed by atoms with van der Waals surface area (Å²) in [5, 5.41) is 6.13. The van der Waals surface area contributed by atoms with E-state index in [1.54, 1.807) is 0 Å². The number of nitrogens with one attached hydrogen (secondary N) is 2. The fraction of sp³-hybridized carbons (Fsp3) is 0.240. The van der Waals surface area contributed by atoms with Crippen molar-refractivity contribution in [3.8, 4) is 11.5 Å². The number of hydrogen-bond acceptors (Lipinski definition) is 3. The summed E-state index contributed by atoms with van der Waals surface area (Å²) in [6.45, 7) is 0.853. The maximum Gasteiger partial charge on any atom is 0.315 e. The average Bonchev–Trinajstić information content (AvgIpc) is 3.23. The van der Waals surface area contributed by atoms with Crippen LogP contribution in [0.2, 0.25) is 0 Å². The van der Waals surface area contributed by atoms with E-state index in [9.17, 15) is 4.79 Å². The first kappa shape index (κ1) is 19.8. The maximum atomic E-state index is 12.5. The molecule has 3 aromatic carbocycles. The second kappa shape index (κ2) is 9.83. The topological polar surface area (TPSA) is 59.6 Å². The summed E-state index contributed by atoms with van der Waals surface area (Å²) in [7, 11) is 0. The van der Waals surface area contributed by atoms with Gasteiger partial charge in [-0.15, -0.1) is 0 Å². The van der Waals surface area contributed by atoms with E-state index in [0.29, 0.717) is 13.0 Å². The smallest absolute Gasteiger partial charge is 0.315 e. The second-order valence-electron chi connectivity index (χ2n) is 7.41. The van der Waals surface area contributed by atoms with Crippen LogP contribution in [0, 0.1) is 0 Å². The first-order valence-electron chi connectivity index (χ1n) is 10.3. The molecule has 0 spiro atoms. The van der Waals surface area contributed by atoms with E-state index in [-0.39, 0.29) is 18.9 Å². The standard InChI is InChI=1S/C25H26N2O3/c28-25(26-14-13-19-7-3-1-4-8-19)27-22(15-20-9-5-2-6-10-20)16-21-11-12-23-24(17-21)30-18-29-23/h1-12,17,22H,13-16,18H2,(H2,26,27,28)/t22-/m1/s1. The van der Waals surface area contributed by atoms with Crippen LogP contribution in [-0.2, 0) is 19.3 Å². The van der Waals surface area contributed by atoms with Gasteiger partial charge >= 0.3 is 6.03 Å². The van der Waals surface area contributed by atoms with Crippen LogP contribution in [0.4, 0.5) is 4.79 Å². The molecule has 0 radical (unpaired) electrons. The van der Waals surface area contributed by atoms with Gasteiger partial charge in [-0.1, -0.05) is 66.7 Å². The molecule has 0 fully saturated rings. The Labute approximate surface area is 177 Å². The molecule has 1 heterocycles. The van der Waals surface area contributed by atoms with Crippen LogP contribution in [0.3, 0.4) is 0 Å². The lowest BCUT2D eigenvalue weighted by Crippen LogP contribution is -2.44. The van der Waals surface area contributed by atoms with E-state index < -0.39 is 0 Å². The van der Waals surface area contributed by atoms with Gasteiger partial charge in [0.15, 0.2) is 11.5 Å². The molecule has 4 rings (SSSR count). The van der Waals surface area contributed by atoms with Crippen LogP contribution in [0.15, 0.2) is 78.9 Å². The summed E-state index contributed by atoms with van der Waals surface area (Å²) < 4.78 is 10.9. The zero-order valence-electron chi connectivity index (χ0n) is 16.8. The summed E-state index contributed by atoms with van der Waals surface area (Å²) in [4.78, 5) is 12.5. The molecule has 5 heteroatoms. The van der Waals surface area contributed by atoms with Crippen LogP contribution in [0.5, 0.6) is 11.5 Å². The van der Waals surface area contributed by atoms with E-state index in [4.69, 9.17) is 9.47 Å². The van der Waals surface area contributed by atoms with Crippen molar-refractivity contribution in [2.75, 3.05) is 13.3 Å². The quantitative estimate of drug-likeness (QED) is 0.596. The van der Waals surface area contributed by atoms with Gasteiger partial charge in [0.25, 0.3) is 0 Å². The fourth-order valence-corrected chi connectivity index (χ4v) is 3.63. The van der Waals surface area contributed by atoms with Gasteiger partial charge < -0.3 is 20.1 Å². The van der Waals surface area contributed by atoms with Crippen molar-refractivity contribution in [2.45, 2.75) is 25.3 Å². The molecule has 1 aliphatic rings. The highest BCUT2D eigenvalue weighted by atomic mass is 16.7. The molecule has 0 aromatic heterocycles. The largest absolute Gasteiger partial charge is 0.454 e. The van der Waals surface area contributed by atoms with Gasteiger partial charge in [-0.05, 0) is 48.1 Å². The van der Waals surface area contributed by atoms with Crippen molar-refractivity contribution in [3.05, 3.63) is 95.6 Å². The third kappa shape index (κ3) is 5.54. The molecule has 154 valence electrons. The van der Waals surface area contributed by atoms with Gasteiger partial charge in [0.05, 0.1) is 0 Å². The predicted molar refractivity (Wildman–Crippen MR) is 117 cm³/mol. The minimum Gasteiger partial charge on any atom is -0.454 e. The summed E-state index contributed by atoms with van der Waals surface area (Å²) in [5.41, 5.74) is 3.50. The third-order valence-electron chi connectivity index (χ3n) is 5.12. The number of carbonyl (C=O) groups excluding carboxylic acids is 1. The van der Waals surface area contributed by atoms with Crippen LogP contribution in [0.1, 0.15) is 16.7 Å². The number of rotatable bonds is 8. The van der Waals surface area contributed by atoms with Crippen LogP contribution in [-0.4, -0.2) is 25.4 Å². The zero-order valence-corrected chi connectivity index (χ0v) is 16.8. The highest BCUT2D eigenvalue weighted by Gasteiger charge is 2.17. The molecule has 5 nitrogen and oxygen atoms in total. The lowest BCUT2D eigenvalue weighted by molar-refractivity contribution is 0.174. The predicted octanol–water partition coefficient (Wildman–Crippen LogP) is 4.11. The Morgan fingerprint density at radius 2 is 1.47 bits per heavy atom. The number of benzene rings is 3. The molecule has 2 amide bonds. The molecule has 0 saturated carbocycles. The summed E-state index contributed by atoms with van der Waals surface area (Å²) in [6, 6.07) is 26.1.